The summed E-state index contributed by atoms with van der Waals surface area (Å²) in [5.41, 5.74) is 2.95. The van der Waals surface area contributed by atoms with Crippen LogP contribution in [0.1, 0.15) is 21.5 Å². The van der Waals surface area contributed by atoms with Gasteiger partial charge in [0.1, 0.15) is 5.82 Å². The van der Waals surface area contributed by atoms with Gasteiger partial charge in [0, 0.05) is 18.7 Å². The quantitative estimate of drug-likeness (QED) is 0.886. The molecule has 1 aliphatic rings. The number of hydrogen-bond acceptors (Lipinski definition) is 3. The van der Waals surface area contributed by atoms with Crippen LogP contribution < -0.4 is 9.62 Å². The Morgan fingerprint density at radius 3 is 2.60 bits per heavy atom. The summed E-state index contributed by atoms with van der Waals surface area (Å²) in [6, 6.07) is 11.2. The van der Waals surface area contributed by atoms with E-state index >= 15 is 0 Å². The number of nitrogens with zero attached hydrogens (tertiary/aromatic N) is 1. The summed E-state index contributed by atoms with van der Waals surface area (Å²) < 4.78 is 37.7. The Balaban J connectivity index is 1.63. The Hall–Kier alpha value is -2.41. The molecule has 0 fully saturated rings. The normalized spacial score (nSPS) is 13.6. The molecule has 0 saturated carbocycles. The van der Waals surface area contributed by atoms with Crippen molar-refractivity contribution in [2.45, 2.75) is 12.8 Å². The van der Waals surface area contributed by atoms with Gasteiger partial charge in [-0.2, -0.15) is 0 Å². The maximum atomic E-state index is 12.9. The fourth-order valence-corrected chi connectivity index (χ4v) is 3.89. The van der Waals surface area contributed by atoms with E-state index in [1.807, 2.05) is 0 Å². The third-order valence-corrected chi connectivity index (χ3v) is 5.39. The van der Waals surface area contributed by atoms with Crippen LogP contribution in [0.4, 0.5) is 10.1 Å². The van der Waals surface area contributed by atoms with Crippen LogP contribution in [0.25, 0.3) is 0 Å². The van der Waals surface area contributed by atoms with E-state index in [1.54, 1.807) is 30.3 Å². The first kappa shape index (κ1) is 17.4. The highest BCUT2D eigenvalue weighted by molar-refractivity contribution is 7.92. The van der Waals surface area contributed by atoms with Crippen molar-refractivity contribution in [3.63, 3.8) is 0 Å². The van der Waals surface area contributed by atoms with Gasteiger partial charge >= 0.3 is 0 Å². The second-order valence-electron chi connectivity index (χ2n) is 6.06. The Kier molecular flexibility index (Phi) is 4.76. The van der Waals surface area contributed by atoms with E-state index in [0.29, 0.717) is 37.2 Å². The van der Waals surface area contributed by atoms with Crippen molar-refractivity contribution in [3.05, 3.63) is 65.0 Å². The van der Waals surface area contributed by atoms with Gasteiger partial charge in [-0.25, -0.2) is 12.8 Å². The molecule has 3 rings (SSSR count). The van der Waals surface area contributed by atoms with Crippen molar-refractivity contribution in [1.82, 2.24) is 5.32 Å². The molecule has 25 heavy (non-hydrogen) atoms. The van der Waals surface area contributed by atoms with Gasteiger partial charge in [0.05, 0.1) is 11.9 Å². The maximum absolute atomic E-state index is 12.9. The zero-order chi connectivity index (χ0) is 18.0. The molecule has 2 aromatic carbocycles. The van der Waals surface area contributed by atoms with E-state index in [9.17, 15) is 17.6 Å². The summed E-state index contributed by atoms with van der Waals surface area (Å²) in [4.78, 5) is 12.3. The Morgan fingerprint density at radius 2 is 1.92 bits per heavy atom. The van der Waals surface area contributed by atoms with Crippen LogP contribution >= 0.6 is 0 Å². The van der Waals surface area contributed by atoms with Gasteiger partial charge in [-0.3, -0.25) is 9.10 Å². The SMILES string of the molecule is CS(=O)(=O)N1CCc2cc(C(=O)NCCc3ccc(F)cc3)ccc21. The first-order chi connectivity index (χ1) is 11.8. The summed E-state index contributed by atoms with van der Waals surface area (Å²) in [6.07, 6.45) is 2.39. The van der Waals surface area contributed by atoms with E-state index < -0.39 is 10.0 Å². The van der Waals surface area contributed by atoms with E-state index in [1.165, 1.54) is 22.7 Å². The van der Waals surface area contributed by atoms with Gasteiger partial charge < -0.3 is 5.32 Å². The van der Waals surface area contributed by atoms with E-state index in [-0.39, 0.29) is 11.7 Å². The number of carbonyl (C=O) groups is 1. The minimum absolute atomic E-state index is 0.206. The zero-order valence-electron chi connectivity index (χ0n) is 13.8. The number of nitrogens with one attached hydrogen (secondary N) is 1. The molecule has 0 saturated heterocycles. The molecule has 5 nitrogen and oxygen atoms in total. The minimum atomic E-state index is -3.29. The molecule has 1 aliphatic heterocycles. The molecule has 0 unspecified atom stereocenters. The lowest BCUT2D eigenvalue weighted by Gasteiger charge is -2.16. The van der Waals surface area contributed by atoms with Crippen molar-refractivity contribution in [1.29, 1.82) is 0 Å². The first-order valence-corrected chi connectivity index (χ1v) is 9.83. The lowest BCUT2D eigenvalue weighted by molar-refractivity contribution is 0.0954. The molecule has 0 atom stereocenters. The van der Waals surface area contributed by atoms with Gasteiger partial charge in [-0.15, -0.1) is 0 Å². The fraction of sp³-hybridized carbons (Fsp3) is 0.278. The predicted octanol–water partition coefficient (Wildman–Crippen LogP) is 2.12. The molecule has 0 bridgehead atoms. The van der Waals surface area contributed by atoms with Crippen LogP contribution in [0, 0.1) is 5.82 Å². The number of amides is 1. The Bertz CT molecular complexity index is 895. The minimum Gasteiger partial charge on any atom is -0.352 e. The van der Waals surface area contributed by atoms with Crippen LogP contribution in [-0.4, -0.2) is 33.7 Å². The second-order valence-corrected chi connectivity index (χ2v) is 7.97. The average Bonchev–Trinajstić information content (AvgIpc) is 3.00. The van der Waals surface area contributed by atoms with Crippen molar-refractivity contribution in [2.75, 3.05) is 23.7 Å². The number of sulfonamides is 1. The zero-order valence-corrected chi connectivity index (χ0v) is 14.6. The molecule has 2 aromatic rings. The number of carbonyl (C=O) groups excluding carboxylic acids is 1. The van der Waals surface area contributed by atoms with Gasteiger partial charge in [-0.05, 0) is 54.3 Å². The van der Waals surface area contributed by atoms with Crippen molar-refractivity contribution in [2.24, 2.45) is 0 Å². The molecular formula is C18H19FN2O3S. The number of hydrogen-bond donors (Lipinski definition) is 1. The summed E-state index contributed by atoms with van der Waals surface area (Å²) in [5, 5.41) is 2.83. The average molecular weight is 362 g/mol. The second kappa shape index (κ2) is 6.84. The lowest BCUT2D eigenvalue weighted by Crippen LogP contribution is -2.27. The Labute approximate surface area is 146 Å². The van der Waals surface area contributed by atoms with Gasteiger partial charge in [-0.1, -0.05) is 12.1 Å². The highest BCUT2D eigenvalue weighted by Crippen LogP contribution is 2.30. The number of rotatable bonds is 5. The monoisotopic (exact) mass is 362 g/mol. The molecule has 1 amide bonds. The first-order valence-electron chi connectivity index (χ1n) is 7.98. The number of anilines is 1. The molecule has 0 radical (unpaired) electrons. The molecule has 0 spiro atoms. The molecule has 0 aromatic heterocycles. The Morgan fingerprint density at radius 1 is 1.20 bits per heavy atom. The van der Waals surface area contributed by atoms with Gasteiger partial charge in [0.25, 0.3) is 5.91 Å². The summed E-state index contributed by atoms with van der Waals surface area (Å²) in [5.74, 6) is -0.489. The van der Waals surface area contributed by atoms with E-state index in [2.05, 4.69) is 5.32 Å². The van der Waals surface area contributed by atoms with E-state index in [4.69, 9.17) is 0 Å². The predicted molar refractivity (Wildman–Crippen MR) is 94.8 cm³/mol. The molecule has 0 aliphatic carbocycles. The summed E-state index contributed by atoms with van der Waals surface area (Å²) in [6.45, 7) is 0.848. The smallest absolute Gasteiger partial charge is 0.251 e. The third kappa shape index (κ3) is 3.99. The summed E-state index contributed by atoms with van der Waals surface area (Å²) >= 11 is 0. The van der Waals surface area contributed by atoms with Crippen molar-refractivity contribution in [3.8, 4) is 0 Å². The van der Waals surface area contributed by atoms with Crippen LogP contribution in [0.3, 0.4) is 0 Å². The topological polar surface area (TPSA) is 66.5 Å². The molecule has 7 heteroatoms. The largest absolute Gasteiger partial charge is 0.352 e. The third-order valence-electron chi connectivity index (χ3n) is 4.21. The lowest BCUT2D eigenvalue weighted by atomic mass is 10.1. The van der Waals surface area contributed by atoms with Crippen LogP contribution in [0.5, 0.6) is 0 Å². The number of halogens is 1. The molecular weight excluding hydrogens is 343 g/mol. The van der Waals surface area contributed by atoms with Crippen molar-refractivity contribution < 1.29 is 17.6 Å². The van der Waals surface area contributed by atoms with Gasteiger partial charge in [0.2, 0.25) is 10.0 Å². The number of fused-ring (bicyclic) bond motifs is 1. The fourth-order valence-electron chi connectivity index (χ4n) is 2.93. The molecule has 1 N–H and O–H groups in total. The highest BCUT2D eigenvalue weighted by atomic mass is 32.2. The van der Waals surface area contributed by atoms with Crippen LogP contribution in [0.2, 0.25) is 0 Å². The van der Waals surface area contributed by atoms with Crippen molar-refractivity contribution >= 4 is 21.6 Å². The van der Waals surface area contributed by atoms with Crippen LogP contribution in [0.15, 0.2) is 42.5 Å². The van der Waals surface area contributed by atoms with Crippen LogP contribution in [-0.2, 0) is 22.9 Å². The standard InChI is InChI=1S/C18H19FN2O3S/c1-25(23,24)21-11-9-14-12-15(4-7-17(14)21)18(22)20-10-8-13-2-5-16(19)6-3-13/h2-7,12H,8-11H2,1H3,(H,20,22). The highest BCUT2D eigenvalue weighted by Gasteiger charge is 2.26. The van der Waals surface area contributed by atoms with Gasteiger partial charge in [0.15, 0.2) is 0 Å². The number of benzene rings is 2. The summed E-state index contributed by atoms with van der Waals surface area (Å²) in [7, 11) is -3.29. The maximum Gasteiger partial charge on any atom is 0.251 e. The molecule has 132 valence electrons. The van der Waals surface area contributed by atoms with E-state index in [0.717, 1.165) is 11.1 Å². The molecule has 1 heterocycles.